The molecule has 1 aliphatic carbocycles. The Labute approximate surface area is 194 Å². The Kier molecular flexibility index (Phi) is 5.98. The first-order valence-corrected chi connectivity index (χ1v) is 13.2. The normalized spacial score (nSPS) is 21.1. The number of fused-ring (bicyclic) bond motifs is 1. The predicted octanol–water partition coefficient (Wildman–Crippen LogP) is 6.55. The molecule has 5 rings (SSSR count). The highest BCUT2D eigenvalue weighted by molar-refractivity contribution is 8.82. The number of alkyl halides is 3. The summed E-state index contributed by atoms with van der Waals surface area (Å²) in [4.78, 5) is 16.3. The number of benzene rings is 1. The van der Waals surface area contributed by atoms with Gasteiger partial charge in [0.15, 0.2) is 0 Å². The zero-order valence-electron chi connectivity index (χ0n) is 16.6. The molecule has 5 nitrogen and oxygen atoms in total. The van der Waals surface area contributed by atoms with Crippen molar-refractivity contribution in [1.29, 1.82) is 0 Å². The van der Waals surface area contributed by atoms with Gasteiger partial charge in [-0.2, -0.15) is 13.2 Å². The summed E-state index contributed by atoms with van der Waals surface area (Å²) in [5.41, 5.74) is 4.11. The summed E-state index contributed by atoms with van der Waals surface area (Å²) in [5.74, 6) is 0.862. The molecule has 2 amide bonds. The lowest BCUT2D eigenvalue weighted by atomic mass is 10.1. The number of nitrogens with zero attached hydrogens (tertiary/aromatic N) is 2. The molecule has 3 aromatic rings. The van der Waals surface area contributed by atoms with Crippen molar-refractivity contribution in [3.63, 3.8) is 0 Å². The second-order valence-electron chi connectivity index (χ2n) is 7.70. The molecular weight excluding hydrogens is 477 g/mol. The van der Waals surface area contributed by atoms with Crippen LogP contribution in [0.15, 0.2) is 48.8 Å². The number of anilines is 1. The van der Waals surface area contributed by atoms with Crippen molar-refractivity contribution in [1.82, 2.24) is 14.7 Å². The number of hydrogen-bond donors (Lipinski definition) is 2. The van der Waals surface area contributed by atoms with Gasteiger partial charge in [-0.25, -0.2) is 9.78 Å². The van der Waals surface area contributed by atoms with Crippen molar-refractivity contribution in [3.05, 3.63) is 54.4 Å². The number of imidazole rings is 1. The molecule has 2 N–H and O–H groups in total. The first kappa shape index (κ1) is 21.8. The average molecular weight is 497 g/mol. The van der Waals surface area contributed by atoms with E-state index < -0.39 is 18.8 Å². The minimum absolute atomic E-state index is 0.399. The zero-order valence-corrected chi connectivity index (χ0v) is 19.1. The molecule has 1 saturated carbocycles. The Morgan fingerprint density at radius 3 is 2.81 bits per heavy atom. The van der Waals surface area contributed by atoms with Crippen LogP contribution in [0.4, 0.5) is 23.7 Å². The molecule has 0 radical (unpaired) electrons. The van der Waals surface area contributed by atoms with E-state index in [9.17, 15) is 18.0 Å². The molecule has 2 unspecified atom stereocenters. The van der Waals surface area contributed by atoms with Crippen LogP contribution in [-0.4, -0.2) is 32.7 Å². The minimum Gasteiger partial charge on any atom is -0.329 e. The van der Waals surface area contributed by atoms with Crippen LogP contribution in [0.1, 0.15) is 23.0 Å². The lowest BCUT2D eigenvalue weighted by Crippen LogP contribution is -2.36. The molecular formula is C21H19F3N4OS3. The monoisotopic (exact) mass is 496 g/mol. The highest BCUT2D eigenvalue weighted by Crippen LogP contribution is 2.64. The predicted molar refractivity (Wildman–Crippen MR) is 126 cm³/mol. The third kappa shape index (κ3) is 4.99. The molecule has 32 heavy (non-hydrogen) atoms. The molecule has 2 atom stereocenters. The van der Waals surface area contributed by atoms with Gasteiger partial charge in [-0.1, -0.05) is 33.7 Å². The second kappa shape index (κ2) is 8.75. The fraction of sp³-hybridized carbons (Fsp3) is 0.333. The van der Waals surface area contributed by atoms with Crippen LogP contribution in [0.2, 0.25) is 0 Å². The zero-order chi connectivity index (χ0) is 22.3. The molecule has 3 heterocycles. The lowest BCUT2D eigenvalue weighted by molar-refractivity contribution is -0.122. The van der Waals surface area contributed by atoms with Gasteiger partial charge in [0.25, 0.3) is 0 Å². The van der Waals surface area contributed by atoms with E-state index in [1.807, 2.05) is 50.0 Å². The summed E-state index contributed by atoms with van der Waals surface area (Å²) < 4.78 is 39.9. The van der Waals surface area contributed by atoms with E-state index in [0.717, 1.165) is 22.8 Å². The molecule has 0 bridgehead atoms. The van der Waals surface area contributed by atoms with Gasteiger partial charge in [0.2, 0.25) is 0 Å². The topological polar surface area (TPSA) is 58.4 Å². The molecule has 2 aliphatic rings. The van der Waals surface area contributed by atoms with Gasteiger partial charge in [-0.3, -0.25) is 4.40 Å². The maximum absolute atomic E-state index is 12.3. The summed E-state index contributed by atoms with van der Waals surface area (Å²) in [6.07, 6.45) is 2.00. The Morgan fingerprint density at radius 2 is 2.03 bits per heavy atom. The molecule has 2 fully saturated rings. The van der Waals surface area contributed by atoms with Gasteiger partial charge in [0, 0.05) is 17.4 Å². The van der Waals surface area contributed by atoms with Gasteiger partial charge >= 0.3 is 12.2 Å². The van der Waals surface area contributed by atoms with Gasteiger partial charge in [0.05, 0.1) is 21.1 Å². The van der Waals surface area contributed by atoms with Crippen molar-refractivity contribution in [2.24, 2.45) is 5.92 Å². The summed E-state index contributed by atoms with van der Waals surface area (Å²) >= 11 is 2.03. The molecule has 0 spiro atoms. The van der Waals surface area contributed by atoms with Crippen molar-refractivity contribution in [3.8, 4) is 11.3 Å². The molecule has 1 aromatic carbocycles. The summed E-state index contributed by atoms with van der Waals surface area (Å²) in [7, 11) is 3.91. The third-order valence-corrected chi connectivity index (χ3v) is 11.0. The second-order valence-corrected chi connectivity index (χ2v) is 12.1. The fourth-order valence-electron chi connectivity index (χ4n) is 3.43. The Balaban J connectivity index is 1.31. The van der Waals surface area contributed by atoms with E-state index >= 15 is 0 Å². The summed E-state index contributed by atoms with van der Waals surface area (Å²) in [6.45, 7) is -1.38. The standard InChI is InChI=1S/C21H19F3N4OS3/c22-21(23,24)11-26-20(29)27-15-3-1-2-13(8-15)16-10-25-17-9-14(6-7-28(16)17)19-30-18(31-32-19)12-4-5-12/h1-3,6-10,12,18-19H,4-5,11H2,(H2,26,27,29). The number of hydrogen-bond acceptors (Lipinski definition) is 5. The SMILES string of the molecule is O=C(NCC(F)(F)F)Nc1cccc(-c2cnc3cc(C4SSC(C5CC5)S4)ccn23)c1. The van der Waals surface area contributed by atoms with Crippen LogP contribution in [0, 0.1) is 5.92 Å². The van der Waals surface area contributed by atoms with Crippen LogP contribution >= 0.6 is 33.3 Å². The number of carbonyl (C=O) groups excluding carboxylic acids is 1. The van der Waals surface area contributed by atoms with Gasteiger partial charge in [0.1, 0.15) is 12.2 Å². The lowest BCUT2D eigenvalue weighted by Gasteiger charge is -2.11. The molecule has 168 valence electrons. The van der Waals surface area contributed by atoms with Crippen molar-refractivity contribution in [2.75, 3.05) is 11.9 Å². The average Bonchev–Trinajstić information content (AvgIpc) is 3.33. The number of urea groups is 1. The summed E-state index contributed by atoms with van der Waals surface area (Å²) in [6, 6.07) is 10.3. The number of nitrogens with one attached hydrogen (secondary N) is 2. The Bertz CT molecular complexity index is 1150. The number of halogens is 3. The van der Waals surface area contributed by atoms with Crippen molar-refractivity contribution in [2.45, 2.75) is 28.2 Å². The largest absolute Gasteiger partial charge is 0.405 e. The van der Waals surface area contributed by atoms with E-state index in [2.05, 4.69) is 22.4 Å². The van der Waals surface area contributed by atoms with Crippen LogP contribution < -0.4 is 10.6 Å². The highest BCUT2D eigenvalue weighted by atomic mass is 33.1. The van der Waals surface area contributed by atoms with E-state index in [1.165, 1.54) is 18.4 Å². The Morgan fingerprint density at radius 1 is 1.19 bits per heavy atom. The summed E-state index contributed by atoms with van der Waals surface area (Å²) in [5, 5.41) is 4.25. The Hall–Kier alpha value is -1.98. The van der Waals surface area contributed by atoms with Gasteiger partial charge in [-0.05, 0) is 48.6 Å². The number of aromatic nitrogens is 2. The maximum atomic E-state index is 12.3. The van der Waals surface area contributed by atoms with E-state index in [4.69, 9.17) is 0 Å². The third-order valence-electron chi connectivity index (χ3n) is 5.18. The van der Waals surface area contributed by atoms with Gasteiger partial charge in [-0.15, -0.1) is 11.8 Å². The molecule has 1 aliphatic heterocycles. The van der Waals surface area contributed by atoms with Crippen molar-refractivity contribution < 1.29 is 18.0 Å². The number of amides is 2. The van der Waals surface area contributed by atoms with Crippen LogP contribution in [-0.2, 0) is 0 Å². The molecule has 11 heteroatoms. The van der Waals surface area contributed by atoms with Crippen molar-refractivity contribution >= 4 is 50.7 Å². The molecule has 2 aromatic heterocycles. The highest BCUT2D eigenvalue weighted by Gasteiger charge is 2.39. The van der Waals surface area contributed by atoms with Crippen LogP contribution in [0.25, 0.3) is 16.9 Å². The minimum atomic E-state index is -4.46. The number of carbonyl (C=O) groups is 1. The molecule has 1 saturated heterocycles. The van der Waals surface area contributed by atoms with E-state index in [0.29, 0.717) is 14.9 Å². The van der Waals surface area contributed by atoms with E-state index in [-0.39, 0.29) is 0 Å². The number of thioether (sulfide) groups is 1. The number of pyridine rings is 1. The number of rotatable bonds is 5. The van der Waals surface area contributed by atoms with E-state index in [1.54, 1.807) is 29.7 Å². The van der Waals surface area contributed by atoms with Crippen LogP contribution in [0.5, 0.6) is 0 Å². The quantitative estimate of drug-likeness (QED) is 0.393. The fourth-order valence-corrected chi connectivity index (χ4v) is 9.71. The smallest absolute Gasteiger partial charge is 0.329 e. The maximum Gasteiger partial charge on any atom is 0.405 e. The van der Waals surface area contributed by atoms with Crippen LogP contribution in [0.3, 0.4) is 0 Å². The first-order chi connectivity index (χ1) is 15.4. The van der Waals surface area contributed by atoms with Gasteiger partial charge < -0.3 is 10.6 Å². The first-order valence-electron chi connectivity index (χ1n) is 10.0.